The van der Waals surface area contributed by atoms with Gasteiger partial charge in [0.25, 0.3) is 10.0 Å². The van der Waals surface area contributed by atoms with Crippen molar-refractivity contribution in [2.24, 2.45) is 5.92 Å². The Bertz CT molecular complexity index is 1450. The number of anilines is 1. The van der Waals surface area contributed by atoms with Crippen LogP contribution in [0.2, 0.25) is 5.02 Å². The van der Waals surface area contributed by atoms with Gasteiger partial charge in [0.15, 0.2) is 0 Å². The smallest absolute Gasteiger partial charge is 0.264 e. The second-order valence-electron chi connectivity index (χ2n) is 9.83. The molecule has 3 aromatic rings. The van der Waals surface area contributed by atoms with Crippen LogP contribution in [-0.2, 0) is 26.2 Å². The van der Waals surface area contributed by atoms with Gasteiger partial charge < -0.3 is 19.7 Å². The van der Waals surface area contributed by atoms with Crippen LogP contribution in [0.4, 0.5) is 5.69 Å². The largest absolute Gasteiger partial charge is 0.497 e. The van der Waals surface area contributed by atoms with Crippen LogP contribution in [0, 0.1) is 5.92 Å². The third-order valence-electron chi connectivity index (χ3n) is 6.36. The van der Waals surface area contributed by atoms with E-state index in [2.05, 4.69) is 5.32 Å². The number of halogens is 1. The average Bonchev–Trinajstić information content (AvgIpc) is 2.97. The van der Waals surface area contributed by atoms with Crippen LogP contribution in [0.5, 0.6) is 11.5 Å². The van der Waals surface area contributed by atoms with Crippen LogP contribution in [0.3, 0.4) is 0 Å². The Morgan fingerprint density at radius 3 is 2.27 bits per heavy atom. The topological polar surface area (TPSA) is 105 Å². The Morgan fingerprint density at radius 2 is 1.63 bits per heavy atom. The molecule has 0 unspecified atom stereocenters. The van der Waals surface area contributed by atoms with Gasteiger partial charge in [0, 0.05) is 18.1 Å². The summed E-state index contributed by atoms with van der Waals surface area (Å²) in [6, 6.07) is 18.5. The molecule has 0 aliphatic carbocycles. The molecule has 9 nitrogen and oxygen atoms in total. The Hall–Kier alpha value is -3.76. The van der Waals surface area contributed by atoms with E-state index in [1.807, 2.05) is 13.8 Å². The average molecular weight is 602 g/mol. The maximum Gasteiger partial charge on any atom is 0.264 e. The number of rotatable bonds is 13. The molecule has 1 atom stereocenters. The van der Waals surface area contributed by atoms with Crippen molar-refractivity contribution in [3.63, 3.8) is 0 Å². The molecule has 0 spiro atoms. The molecule has 0 saturated carbocycles. The number of sulfonamides is 1. The quantitative estimate of drug-likeness (QED) is 0.303. The molecule has 0 saturated heterocycles. The Labute approximate surface area is 247 Å². The molecule has 0 aliphatic rings. The lowest BCUT2D eigenvalue weighted by Gasteiger charge is -2.32. The fourth-order valence-corrected chi connectivity index (χ4v) is 5.70. The third kappa shape index (κ3) is 8.14. The van der Waals surface area contributed by atoms with Gasteiger partial charge in [0.1, 0.15) is 24.1 Å². The van der Waals surface area contributed by atoms with E-state index in [1.165, 1.54) is 43.4 Å². The van der Waals surface area contributed by atoms with E-state index in [9.17, 15) is 18.0 Å². The molecule has 3 aromatic carbocycles. The van der Waals surface area contributed by atoms with Crippen molar-refractivity contribution in [2.75, 3.05) is 31.6 Å². The number of methoxy groups -OCH3 is 2. The molecule has 3 rings (SSSR count). The molecule has 1 N–H and O–H groups in total. The van der Waals surface area contributed by atoms with Crippen LogP contribution in [0.25, 0.3) is 0 Å². The highest BCUT2D eigenvalue weighted by atomic mass is 35.5. The van der Waals surface area contributed by atoms with Gasteiger partial charge in [-0.25, -0.2) is 8.42 Å². The minimum absolute atomic E-state index is 0.0168. The second kappa shape index (κ2) is 14.2. The molecule has 0 aliphatic heterocycles. The molecule has 0 fully saturated rings. The first-order chi connectivity index (χ1) is 19.5. The van der Waals surface area contributed by atoms with Crippen molar-refractivity contribution in [3.05, 3.63) is 83.4 Å². The van der Waals surface area contributed by atoms with Crippen LogP contribution >= 0.6 is 11.6 Å². The molecule has 2 amide bonds. The van der Waals surface area contributed by atoms with E-state index in [0.29, 0.717) is 17.9 Å². The predicted molar refractivity (Wildman–Crippen MR) is 160 cm³/mol. The fourth-order valence-electron chi connectivity index (χ4n) is 4.09. The summed E-state index contributed by atoms with van der Waals surface area (Å²) in [4.78, 5) is 28.5. The number of ether oxygens (including phenoxy) is 2. The number of carbonyl (C=O) groups excluding carboxylic acids is 2. The molecule has 0 heterocycles. The monoisotopic (exact) mass is 601 g/mol. The van der Waals surface area contributed by atoms with E-state index in [4.69, 9.17) is 21.1 Å². The van der Waals surface area contributed by atoms with E-state index in [1.54, 1.807) is 55.5 Å². The predicted octanol–water partition coefficient (Wildman–Crippen LogP) is 4.74. The summed E-state index contributed by atoms with van der Waals surface area (Å²) in [5, 5.41) is 3.13. The zero-order chi connectivity index (χ0) is 30.2. The first kappa shape index (κ1) is 31.8. The molecule has 11 heteroatoms. The molecule has 0 bridgehead atoms. The van der Waals surface area contributed by atoms with Crippen molar-refractivity contribution in [1.82, 2.24) is 10.2 Å². The van der Waals surface area contributed by atoms with Gasteiger partial charge >= 0.3 is 0 Å². The molecule has 0 radical (unpaired) electrons. The van der Waals surface area contributed by atoms with Crippen molar-refractivity contribution >= 4 is 39.1 Å². The minimum atomic E-state index is -4.26. The molecule has 41 heavy (non-hydrogen) atoms. The summed E-state index contributed by atoms with van der Waals surface area (Å²) in [6.45, 7) is 5.41. The molecule has 220 valence electrons. The van der Waals surface area contributed by atoms with Gasteiger partial charge in [-0.05, 0) is 60.9 Å². The lowest BCUT2D eigenvalue weighted by Crippen LogP contribution is -2.51. The lowest BCUT2D eigenvalue weighted by molar-refractivity contribution is -0.139. The normalized spacial score (nSPS) is 12.0. The van der Waals surface area contributed by atoms with E-state index >= 15 is 0 Å². The lowest BCUT2D eigenvalue weighted by atomic mass is 10.1. The molecular weight excluding hydrogens is 566 g/mol. The van der Waals surface area contributed by atoms with Gasteiger partial charge in [0.05, 0.1) is 24.8 Å². The zero-order valence-electron chi connectivity index (χ0n) is 23.8. The van der Waals surface area contributed by atoms with Crippen molar-refractivity contribution in [3.8, 4) is 11.5 Å². The van der Waals surface area contributed by atoms with Gasteiger partial charge in [-0.2, -0.15) is 0 Å². The highest BCUT2D eigenvalue weighted by molar-refractivity contribution is 7.92. The van der Waals surface area contributed by atoms with Crippen molar-refractivity contribution in [1.29, 1.82) is 0 Å². The molecular formula is C30H36ClN3O6S. The molecule has 0 aromatic heterocycles. The first-order valence-electron chi connectivity index (χ1n) is 13.1. The SMILES string of the molecule is COc1cccc(CN(C(=O)CN(c2cc(Cl)ccc2OC)S(=O)(=O)c2ccccc2)[C@@H](C)C(=O)NCC(C)C)c1. The maximum atomic E-state index is 14.1. The highest BCUT2D eigenvalue weighted by Crippen LogP contribution is 2.35. The number of hydrogen-bond donors (Lipinski definition) is 1. The second-order valence-corrected chi connectivity index (χ2v) is 12.1. The van der Waals surface area contributed by atoms with Gasteiger partial charge in [-0.15, -0.1) is 0 Å². The van der Waals surface area contributed by atoms with Gasteiger partial charge in [0.2, 0.25) is 11.8 Å². The standard InChI is InChI=1S/C30H36ClN3O6S/c1-21(2)18-32-30(36)22(3)33(19-23-10-9-11-25(16-23)39-4)29(35)20-34(27-17-24(31)14-15-28(27)40-5)41(37,38)26-12-7-6-8-13-26/h6-17,21-22H,18-20H2,1-5H3,(H,32,36)/t22-/m0/s1. The van der Waals surface area contributed by atoms with E-state index in [0.717, 1.165) is 4.31 Å². The van der Waals surface area contributed by atoms with Crippen LogP contribution in [0.1, 0.15) is 26.3 Å². The zero-order valence-corrected chi connectivity index (χ0v) is 25.4. The third-order valence-corrected chi connectivity index (χ3v) is 8.37. The summed E-state index contributed by atoms with van der Waals surface area (Å²) >= 11 is 6.26. The minimum Gasteiger partial charge on any atom is -0.497 e. The summed E-state index contributed by atoms with van der Waals surface area (Å²) in [5.74, 6) is 0.0531. The Kier molecular flexibility index (Phi) is 11.0. The van der Waals surface area contributed by atoms with Crippen LogP contribution in [0.15, 0.2) is 77.7 Å². The van der Waals surface area contributed by atoms with Gasteiger partial charge in [-0.1, -0.05) is 55.8 Å². The van der Waals surface area contributed by atoms with E-state index in [-0.39, 0.29) is 39.7 Å². The summed E-state index contributed by atoms with van der Waals surface area (Å²) in [6.07, 6.45) is 0. The summed E-state index contributed by atoms with van der Waals surface area (Å²) < 4.78 is 39.6. The number of amides is 2. The number of hydrogen-bond acceptors (Lipinski definition) is 6. The number of nitrogens with zero attached hydrogens (tertiary/aromatic N) is 2. The Balaban J connectivity index is 2.08. The number of benzene rings is 3. The first-order valence-corrected chi connectivity index (χ1v) is 14.9. The number of nitrogens with one attached hydrogen (secondary N) is 1. The van der Waals surface area contributed by atoms with Crippen molar-refractivity contribution < 1.29 is 27.5 Å². The highest BCUT2D eigenvalue weighted by Gasteiger charge is 2.34. The summed E-state index contributed by atoms with van der Waals surface area (Å²) in [7, 11) is -1.32. The maximum absolute atomic E-state index is 14.1. The van der Waals surface area contributed by atoms with Gasteiger partial charge in [-0.3, -0.25) is 13.9 Å². The fraction of sp³-hybridized carbons (Fsp3) is 0.333. The van der Waals surface area contributed by atoms with Crippen LogP contribution in [-0.4, -0.2) is 58.5 Å². The summed E-state index contributed by atoms with van der Waals surface area (Å²) in [5.41, 5.74) is 0.800. The number of carbonyl (C=O) groups is 2. The van der Waals surface area contributed by atoms with Crippen LogP contribution < -0.4 is 19.1 Å². The van der Waals surface area contributed by atoms with E-state index < -0.39 is 28.5 Å². The Morgan fingerprint density at radius 1 is 0.927 bits per heavy atom. The van der Waals surface area contributed by atoms with Crippen molar-refractivity contribution in [2.45, 2.75) is 38.3 Å².